The van der Waals surface area contributed by atoms with E-state index in [1.165, 1.54) is 11.1 Å². The van der Waals surface area contributed by atoms with Crippen molar-refractivity contribution in [3.8, 4) is 5.88 Å². The third-order valence-corrected chi connectivity index (χ3v) is 2.81. The molecule has 1 aromatic heterocycles. The molecule has 0 radical (unpaired) electrons. The summed E-state index contributed by atoms with van der Waals surface area (Å²) in [5.41, 5.74) is 6.23. The molecular formula is C12H17N3O2. The number of hydrogen-bond donors (Lipinski definition) is 1. The molecule has 1 aromatic rings. The lowest BCUT2D eigenvalue weighted by molar-refractivity contribution is 0.0826. The van der Waals surface area contributed by atoms with Gasteiger partial charge in [-0.05, 0) is 18.9 Å². The van der Waals surface area contributed by atoms with Crippen LogP contribution in [-0.2, 0) is 0 Å². The van der Waals surface area contributed by atoms with Crippen molar-refractivity contribution >= 4 is 5.91 Å². The van der Waals surface area contributed by atoms with Crippen molar-refractivity contribution in [1.29, 1.82) is 0 Å². The van der Waals surface area contributed by atoms with Crippen LogP contribution in [0.3, 0.4) is 0 Å². The van der Waals surface area contributed by atoms with E-state index >= 15 is 0 Å². The molecule has 0 aromatic carbocycles. The zero-order chi connectivity index (χ0) is 12.4. The molecule has 1 aliphatic rings. The Balaban J connectivity index is 1.96. The molecule has 5 heteroatoms. The number of nitrogens with two attached hydrogens (primary N) is 1. The van der Waals surface area contributed by atoms with Crippen LogP contribution >= 0.6 is 0 Å². The van der Waals surface area contributed by atoms with Gasteiger partial charge in [-0.1, -0.05) is 0 Å². The highest BCUT2D eigenvalue weighted by atomic mass is 16.5. The van der Waals surface area contributed by atoms with Crippen molar-refractivity contribution in [2.45, 2.75) is 25.0 Å². The van der Waals surface area contributed by atoms with Gasteiger partial charge < -0.3 is 15.4 Å². The van der Waals surface area contributed by atoms with Crippen molar-refractivity contribution in [1.82, 2.24) is 9.88 Å². The SMILES string of the molecule is CN(C)C(=O)c1ccc(OC2CC(N)C2)nc1. The van der Waals surface area contributed by atoms with Gasteiger partial charge in [0.05, 0.1) is 5.56 Å². The number of aromatic nitrogens is 1. The van der Waals surface area contributed by atoms with Gasteiger partial charge in [0.1, 0.15) is 6.10 Å². The summed E-state index contributed by atoms with van der Waals surface area (Å²) in [6.07, 6.45) is 3.46. The Morgan fingerprint density at radius 3 is 2.65 bits per heavy atom. The molecule has 0 atom stereocenters. The average molecular weight is 235 g/mol. The molecule has 0 bridgehead atoms. The van der Waals surface area contributed by atoms with Crippen LogP contribution in [0.2, 0.25) is 0 Å². The van der Waals surface area contributed by atoms with Gasteiger partial charge >= 0.3 is 0 Å². The Labute approximate surface area is 101 Å². The largest absolute Gasteiger partial charge is 0.474 e. The quantitative estimate of drug-likeness (QED) is 0.835. The van der Waals surface area contributed by atoms with E-state index in [1.54, 1.807) is 26.2 Å². The summed E-state index contributed by atoms with van der Waals surface area (Å²) in [7, 11) is 3.42. The molecule has 1 heterocycles. The Morgan fingerprint density at radius 2 is 2.18 bits per heavy atom. The predicted molar refractivity (Wildman–Crippen MR) is 63.9 cm³/mol. The maximum absolute atomic E-state index is 11.6. The first-order chi connectivity index (χ1) is 8.06. The molecule has 0 spiro atoms. The lowest BCUT2D eigenvalue weighted by Gasteiger charge is -2.32. The third-order valence-electron chi connectivity index (χ3n) is 2.81. The lowest BCUT2D eigenvalue weighted by Crippen LogP contribution is -2.43. The Morgan fingerprint density at radius 1 is 1.47 bits per heavy atom. The zero-order valence-corrected chi connectivity index (χ0v) is 10.1. The summed E-state index contributed by atoms with van der Waals surface area (Å²) < 4.78 is 5.60. The van der Waals surface area contributed by atoms with Crippen LogP contribution in [0.15, 0.2) is 18.3 Å². The van der Waals surface area contributed by atoms with Crippen molar-refractivity contribution in [2.24, 2.45) is 5.73 Å². The van der Waals surface area contributed by atoms with E-state index in [1.807, 2.05) is 0 Å². The van der Waals surface area contributed by atoms with E-state index < -0.39 is 0 Å². The fraction of sp³-hybridized carbons (Fsp3) is 0.500. The fourth-order valence-corrected chi connectivity index (χ4v) is 1.71. The van der Waals surface area contributed by atoms with Gasteiger partial charge in [-0.2, -0.15) is 0 Å². The van der Waals surface area contributed by atoms with Crippen molar-refractivity contribution in [2.75, 3.05) is 14.1 Å². The van der Waals surface area contributed by atoms with Gasteiger partial charge in [-0.3, -0.25) is 4.79 Å². The normalized spacial score (nSPS) is 22.8. The van der Waals surface area contributed by atoms with Crippen LogP contribution in [-0.4, -0.2) is 42.0 Å². The minimum absolute atomic E-state index is 0.0604. The molecule has 0 saturated heterocycles. The minimum Gasteiger partial charge on any atom is -0.474 e. The summed E-state index contributed by atoms with van der Waals surface area (Å²) in [6.45, 7) is 0. The van der Waals surface area contributed by atoms with E-state index in [2.05, 4.69) is 4.98 Å². The fourth-order valence-electron chi connectivity index (χ4n) is 1.71. The van der Waals surface area contributed by atoms with Crippen LogP contribution in [0.4, 0.5) is 0 Å². The van der Waals surface area contributed by atoms with Gasteiger partial charge in [0.2, 0.25) is 5.88 Å². The second-order valence-corrected chi connectivity index (χ2v) is 4.56. The smallest absolute Gasteiger partial charge is 0.254 e. The van der Waals surface area contributed by atoms with Crippen LogP contribution in [0, 0.1) is 0 Å². The minimum atomic E-state index is -0.0604. The highest BCUT2D eigenvalue weighted by molar-refractivity contribution is 5.93. The first-order valence-electron chi connectivity index (χ1n) is 5.66. The Hall–Kier alpha value is -1.62. The van der Waals surface area contributed by atoms with Gasteiger partial charge in [-0.25, -0.2) is 4.98 Å². The third kappa shape index (κ3) is 2.74. The molecule has 1 amide bonds. The molecule has 1 aliphatic carbocycles. The number of hydrogen-bond acceptors (Lipinski definition) is 4. The van der Waals surface area contributed by atoms with E-state index in [9.17, 15) is 4.79 Å². The van der Waals surface area contributed by atoms with Crippen molar-refractivity contribution < 1.29 is 9.53 Å². The molecular weight excluding hydrogens is 218 g/mol. The van der Waals surface area contributed by atoms with E-state index in [0.29, 0.717) is 11.4 Å². The summed E-state index contributed by atoms with van der Waals surface area (Å²) in [4.78, 5) is 17.3. The van der Waals surface area contributed by atoms with E-state index in [4.69, 9.17) is 10.5 Å². The molecule has 5 nitrogen and oxygen atoms in total. The summed E-state index contributed by atoms with van der Waals surface area (Å²) in [6, 6.07) is 3.71. The Kier molecular flexibility index (Phi) is 3.28. The molecule has 1 fully saturated rings. The van der Waals surface area contributed by atoms with Gasteiger partial charge in [0, 0.05) is 32.4 Å². The number of rotatable bonds is 3. The van der Waals surface area contributed by atoms with Gasteiger partial charge in [0.25, 0.3) is 5.91 Å². The zero-order valence-electron chi connectivity index (χ0n) is 10.1. The van der Waals surface area contributed by atoms with Gasteiger partial charge in [-0.15, -0.1) is 0 Å². The number of carbonyl (C=O) groups excluding carboxylic acids is 1. The molecule has 2 rings (SSSR count). The summed E-state index contributed by atoms with van der Waals surface area (Å²) >= 11 is 0. The Bertz CT molecular complexity index is 397. The van der Waals surface area contributed by atoms with Crippen LogP contribution < -0.4 is 10.5 Å². The van der Waals surface area contributed by atoms with E-state index in [-0.39, 0.29) is 18.1 Å². The number of carbonyl (C=O) groups is 1. The highest BCUT2D eigenvalue weighted by Crippen LogP contribution is 2.23. The second kappa shape index (κ2) is 4.71. The molecule has 0 unspecified atom stereocenters. The van der Waals surface area contributed by atoms with Crippen LogP contribution in [0.1, 0.15) is 23.2 Å². The molecule has 0 aliphatic heterocycles. The topological polar surface area (TPSA) is 68.5 Å². The maximum atomic E-state index is 11.6. The van der Waals surface area contributed by atoms with E-state index in [0.717, 1.165) is 12.8 Å². The molecule has 1 saturated carbocycles. The molecule has 92 valence electrons. The summed E-state index contributed by atoms with van der Waals surface area (Å²) in [5, 5.41) is 0. The predicted octanol–water partition coefficient (Wildman–Crippen LogP) is 0.652. The molecule has 2 N–H and O–H groups in total. The van der Waals surface area contributed by atoms with Crippen LogP contribution in [0.25, 0.3) is 0 Å². The number of amides is 1. The standard InChI is InChI=1S/C12H17N3O2/c1-15(2)12(16)8-3-4-11(14-7-8)17-10-5-9(13)6-10/h3-4,7,9-10H,5-6,13H2,1-2H3. The van der Waals surface area contributed by atoms with Crippen LogP contribution in [0.5, 0.6) is 5.88 Å². The average Bonchev–Trinajstić information content (AvgIpc) is 2.27. The summed E-state index contributed by atoms with van der Waals surface area (Å²) in [5.74, 6) is 0.493. The van der Waals surface area contributed by atoms with Gasteiger partial charge in [0.15, 0.2) is 0 Å². The second-order valence-electron chi connectivity index (χ2n) is 4.56. The maximum Gasteiger partial charge on any atom is 0.254 e. The number of ether oxygens (including phenoxy) is 1. The highest BCUT2D eigenvalue weighted by Gasteiger charge is 2.27. The lowest BCUT2D eigenvalue weighted by atomic mass is 9.90. The first kappa shape index (κ1) is 11.9. The first-order valence-corrected chi connectivity index (χ1v) is 5.66. The van der Waals surface area contributed by atoms with Crippen molar-refractivity contribution in [3.63, 3.8) is 0 Å². The van der Waals surface area contributed by atoms with Crippen molar-refractivity contribution in [3.05, 3.63) is 23.9 Å². The number of pyridine rings is 1. The monoisotopic (exact) mass is 235 g/mol. The number of nitrogens with zero attached hydrogens (tertiary/aromatic N) is 2. The molecule has 17 heavy (non-hydrogen) atoms.